The number of anilines is 1. The van der Waals surface area contributed by atoms with E-state index in [1.165, 1.54) is 0 Å². The van der Waals surface area contributed by atoms with Gasteiger partial charge >= 0.3 is 6.03 Å². The third-order valence-electron chi connectivity index (χ3n) is 3.41. The van der Waals surface area contributed by atoms with E-state index in [4.69, 9.17) is 23.2 Å². The van der Waals surface area contributed by atoms with Crippen molar-refractivity contribution in [3.05, 3.63) is 28.2 Å². The molecule has 0 radical (unpaired) electrons. The molecule has 6 heteroatoms. The SMILES string of the molecule is CN1CC[C@@H](N(C)C(=O)Nc2ccc(Cl)c(Cl)c2)C1. The lowest BCUT2D eigenvalue weighted by Gasteiger charge is -2.24. The highest BCUT2D eigenvalue weighted by molar-refractivity contribution is 6.42. The van der Waals surface area contributed by atoms with E-state index in [0.29, 0.717) is 15.7 Å². The molecule has 2 amide bonds. The van der Waals surface area contributed by atoms with Gasteiger partial charge in [0, 0.05) is 25.3 Å². The number of amides is 2. The van der Waals surface area contributed by atoms with Crippen LogP contribution in [0.25, 0.3) is 0 Å². The molecule has 104 valence electrons. The number of nitrogens with zero attached hydrogens (tertiary/aromatic N) is 2. The van der Waals surface area contributed by atoms with E-state index in [9.17, 15) is 4.79 Å². The fourth-order valence-electron chi connectivity index (χ4n) is 2.18. The third kappa shape index (κ3) is 3.53. The summed E-state index contributed by atoms with van der Waals surface area (Å²) in [5.41, 5.74) is 0.651. The first kappa shape index (κ1) is 14.4. The van der Waals surface area contributed by atoms with E-state index in [-0.39, 0.29) is 12.1 Å². The second kappa shape index (κ2) is 5.99. The maximum atomic E-state index is 12.1. The number of likely N-dealkylation sites (tertiary alicyclic amines) is 1. The van der Waals surface area contributed by atoms with Crippen LogP contribution in [0.5, 0.6) is 0 Å². The first-order valence-electron chi connectivity index (χ1n) is 6.15. The summed E-state index contributed by atoms with van der Waals surface area (Å²) in [7, 11) is 3.88. The average molecular weight is 302 g/mol. The molecule has 0 spiro atoms. The van der Waals surface area contributed by atoms with Crippen molar-refractivity contribution in [2.75, 3.05) is 32.5 Å². The number of likely N-dealkylation sites (N-methyl/N-ethyl adjacent to an activating group) is 2. The summed E-state index contributed by atoms with van der Waals surface area (Å²) in [4.78, 5) is 16.1. The van der Waals surface area contributed by atoms with E-state index in [1.54, 1.807) is 23.1 Å². The molecule has 2 rings (SSSR count). The molecule has 4 nitrogen and oxygen atoms in total. The Hall–Kier alpha value is -0.970. The fraction of sp³-hybridized carbons (Fsp3) is 0.462. The van der Waals surface area contributed by atoms with Crippen LogP contribution in [0.4, 0.5) is 10.5 Å². The molecule has 1 atom stereocenters. The van der Waals surface area contributed by atoms with E-state index < -0.39 is 0 Å². The van der Waals surface area contributed by atoms with Crippen LogP contribution in [0.3, 0.4) is 0 Å². The molecule has 1 saturated heterocycles. The van der Waals surface area contributed by atoms with Gasteiger partial charge in [0.05, 0.1) is 10.0 Å². The monoisotopic (exact) mass is 301 g/mol. The Morgan fingerprint density at radius 2 is 2.16 bits per heavy atom. The lowest BCUT2D eigenvalue weighted by Crippen LogP contribution is -2.41. The quantitative estimate of drug-likeness (QED) is 0.911. The molecule has 0 aliphatic carbocycles. The highest BCUT2D eigenvalue weighted by atomic mass is 35.5. The number of nitrogens with one attached hydrogen (secondary N) is 1. The fourth-order valence-corrected chi connectivity index (χ4v) is 2.48. The van der Waals surface area contributed by atoms with Crippen LogP contribution in [0.2, 0.25) is 10.0 Å². The van der Waals surface area contributed by atoms with Gasteiger partial charge in [-0.1, -0.05) is 23.2 Å². The standard InChI is InChI=1S/C13H17Cl2N3O/c1-17-6-5-10(8-17)18(2)13(19)16-9-3-4-11(14)12(15)7-9/h3-4,7,10H,5-6,8H2,1-2H3,(H,16,19)/t10-/m1/s1. The number of hydrogen-bond acceptors (Lipinski definition) is 2. The lowest BCUT2D eigenvalue weighted by atomic mass is 10.2. The molecule has 1 N–H and O–H groups in total. The first-order valence-corrected chi connectivity index (χ1v) is 6.90. The summed E-state index contributed by atoms with van der Waals surface area (Å²) in [6.45, 7) is 1.93. The van der Waals surface area contributed by atoms with Gasteiger partial charge in [0.25, 0.3) is 0 Å². The van der Waals surface area contributed by atoms with Gasteiger partial charge in [-0.3, -0.25) is 0 Å². The molecule has 0 aromatic heterocycles. The predicted octanol–water partition coefficient (Wildman–Crippen LogP) is 3.16. The van der Waals surface area contributed by atoms with Crippen molar-refractivity contribution in [3.8, 4) is 0 Å². The number of halogens is 2. The molecule has 0 unspecified atom stereocenters. The largest absolute Gasteiger partial charge is 0.323 e. The summed E-state index contributed by atoms with van der Waals surface area (Å²) in [5, 5.41) is 3.74. The molecule has 0 saturated carbocycles. The highest BCUT2D eigenvalue weighted by Crippen LogP contribution is 2.25. The summed E-state index contributed by atoms with van der Waals surface area (Å²) in [6.07, 6.45) is 1.00. The van der Waals surface area contributed by atoms with Gasteiger partial charge in [-0.25, -0.2) is 4.79 Å². The molecule has 1 aromatic rings. The van der Waals surface area contributed by atoms with Crippen LogP contribution in [0.15, 0.2) is 18.2 Å². The molecule has 1 heterocycles. The van der Waals surface area contributed by atoms with E-state index in [2.05, 4.69) is 17.3 Å². The predicted molar refractivity (Wildman–Crippen MR) is 79.1 cm³/mol. The molecule has 1 aliphatic heterocycles. The minimum Gasteiger partial charge on any atom is -0.323 e. The van der Waals surface area contributed by atoms with Crippen molar-refractivity contribution in [1.82, 2.24) is 9.80 Å². The molecular formula is C13H17Cl2N3O. The van der Waals surface area contributed by atoms with Gasteiger partial charge in [-0.05, 0) is 38.2 Å². The van der Waals surface area contributed by atoms with Gasteiger partial charge in [-0.2, -0.15) is 0 Å². The normalized spacial score (nSPS) is 19.5. The van der Waals surface area contributed by atoms with Crippen molar-refractivity contribution in [2.24, 2.45) is 0 Å². The second-order valence-electron chi connectivity index (χ2n) is 4.87. The van der Waals surface area contributed by atoms with Gasteiger partial charge in [-0.15, -0.1) is 0 Å². The van der Waals surface area contributed by atoms with Gasteiger partial charge in [0.2, 0.25) is 0 Å². The van der Waals surface area contributed by atoms with Crippen molar-refractivity contribution < 1.29 is 4.79 Å². The number of benzene rings is 1. The minimum atomic E-state index is -0.126. The van der Waals surface area contributed by atoms with Crippen LogP contribution < -0.4 is 5.32 Å². The summed E-state index contributed by atoms with van der Waals surface area (Å²) >= 11 is 11.8. The Bertz CT molecular complexity index is 481. The maximum Gasteiger partial charge on any atom is 0.321 e. The van der Waals surface area contributed by atoms with Crippen LogP contribution in [0.1, 0.15) is 6.42 Å². The van der Waals surface area contributed by atoms with E-state index >= 15 is 0 Å². The van der Waals surface area contributed by atoms with Crippen molar-refractivity contribution in [1.29, 1.82) is 0 Å². The van der Waals surface area contributed by atoms with Crippen LogP contribution in [0, 0.1) is 0 Å². The zero-order valence-corrected chi connectivity index (χ0v) is 12.5. The Morgan fingerprint density at radius 1 is 1.42 bits per heavy atom. The third-order valence-corrected chi connectivity index (χ3v) is 4.14. The van der Waals surface area contributed by atoms with Gasteiger partial charge < -0.3 is 15.1 Å². The summed E-state index contributed by atoms with van der Waals surface area (Å²) < 4.78 is 0. The van der Waals surface area contributed by atoms with Crippen LogP contribution in [-0.4, -0.2) is 49.1 Å². The molecule has 19 heavy (non-hydrogen) atoms. The highest BCUT2D eigenvalue weighted by Gasteiger charge is 2.26. The van der Waals surface area contributed by atoms with Gasteiger partial charge in [0.15, 0.2) is 0 Å². The van der Waals surface area contributed by atoms with Crippen molar-refractivity contribution in [3.63, 3.8) is 0 Å². The number of rotatable bonds is 2. The molecule has 1 aromatic carbocycles. The topological polar surface area (TPSA) is 35.6 Å². The number of hydrogen-bond donors (Lipinski definition) is 1. The zero-order valence-electron chi connectivity index (χ0n) is 11.0. The lowest BCUT2D eigenvalue weighted by molar-refractivity contribution is 0.204. The second-order valence-corrected chi connectivity index (χ2v) is 5.69. The maximum absolute atomic E-state index is 12.1. The number of carbonyl (C=O) groups is 1. The average Bonchev–Trinajstić information content (AvgIpc) is 2.79. The van der Waals surface area contributed by atoms with Gasteiger partial charge in [0.1, 0.15) is 0 Å². The number of carbonyl (C=O) groups excluding carboxylic acids is 1. The van der Waals surface area contributed by atoms with Crippen LogP contribution >= 0.6 is 23.2 Å². The minimum absolute atomic E-state index is 0.126. The molecule has 1 fully saturated rings. The summed E-state index contributed by atoms with van der Waals surface area (Å²) in [6, 6.07) is 5.19. The number of urea groups is 1. The molecule has 0 bridgehead atoms. The Morgan fingerprint density at radius 3 is 2.74 bits per heavy atom. The van der Waals surface area contributed by atoms with E-state index in [1.807, 2.05) is 7.05 Å². The first-order chi connectivity index (χ1) is 8.97. The smallest absolute Gasteiger partial charge is 0.321 e. The molecular weight excluding hydrogens is 285 g/mol. The van der Waals surface area contributed by atoms with Crippen molar-refractivity contribution in [2.45, 2.75) is 12.5 Å². The Kier molecular flexibility index (Phi) is 4.55. The van der Waals surface area contributed by atoms with E-state index in [0.717, 1.165) is 19.5 Å². The summed E-state index contributed by atoms with van der Waals surface area (Å²) in [5.74, 6) is 0. The zero-order chi connectivity index (χ0) is 14.0. The van der Waals surface area contributed by atoms with Crippen LogP contribution in [-0.2, 0) is 0 Å². The Balaban J connectivity index is 1.98. The molecule has 1 aliphatic rings. The van der Waals surface area contributed by atoms with Crippen molar-refractivity contribution >= 4 is 34.9 Å². The Labute approximate surface area is 123 Å².